The molecular weight excluding hydrogens is 275 g/mol. The van der Waals surface area contributed by atoms with Gasteiger partial charge in [0.2, 0.25) is 0 Å². The van der Waals surface area contributed by atoms with Gasteiger partial charge in [0.05, 0.1) is 6.04 Å². The molecule has 0 aliphatic carbocycles. The van der Waals surface area contributed by atoms with Crippen LogP contribution in [0.1, 0.15) is 0 Å². The maximum atomic E-state index is 11.8. The van der Waals surface area contributed by atoms with Crippen LogP contribution in [0.2, 0.25) is 5.02 Å². The molecule has 1 aliphatic rings. The molecule has 1 aliphatic heterocycles. The fourth-order valence-electron chi connectivity index (χ4n) is 1.55. The standard InChI is InChI=1S/C12H15ClN2O2.ClH/c1-15(10-6-14-7-10)12(16)8-17-11-4-2-3-9(13)5-11;/h2-5,10,14H,6-8H2,1H3;1H. The SMILES string of the molecule is CN(C(=O)COc1cccc(Cl)c1)C1CNC1.Cl. The van der Waals surface area contributed by atoms with Gasteiger partial charge in [-0.05, 0) is 18.2 Å². The topological polar surface area (TPSA) is 41.6 Å². The molecule has 0 radical (unpaired) electrons. The van der Waals surface area contributed by atoms with E-state index in [1.54, 1.807) is 36.2 Å². The molecule has 4 nitrogen and oxygen atoms in total. The number of nitrogens with one attached hydrogen (secondary N) is 1. The molecule has 0 bridgehead atoms. The summed E-state index contributed by atoms with van der Waals surface area (Å²) in [7, 11) is 1.80. The maximum absolute atomic E-state index is 11.8. The van der Waals surface area contributed by atoms with Crippen molar-refractivity contribution in [3.8, 4) is 5.75 Å². The number of rotatable bonds is 4. The fraction of sp³-hybridized carbons (Fsp3) is 0.417. The van der Waals surface area contributed by atoms with Gasteiger partial charge in [-0.3, -0.25) is 4.79 Å². The number of hydrogen-bond donors (Lipinski definition) is 1. The number of amides is 1. The van der Waals surface area contributed by atoms with Crippen LogP contribution in [-0.4, -0.2) is 43.6 Å². The number of likely N-dealkylation sites (N-methyl/N-ethyl adjacent to an activating group) is 1. The highest BCUT2D eigenvalue weighted by Gasteiger charge is 2.25. The number of halogens is 2. The molecular formula is C12H16Cl2N2O2. The molecule has 0 atom stereocenters. The summed E-state index contributed by atoms with van der Waals surface area (Å²) in [5.74, 6) is 0.599. The molecule has 1 heterocycles. The Morgan fingerprint density at radius 1 is 1.56 bits per heavy atom. The normalized spacial score (nSPS) is 14.3. The average Bonchev–Trinajstić information content (AvgIpc) is 2.23. The van der Waals surface area contributed by atoms with Gasteiger partial charge >= 0.3 is 0 Å². The van der Waals surface area contributed by atoms with Crippen LogP contribution in [0, 0.1) is 0 Å². The van der Waals surface area contributed by atoms with Crippen LogP contribution in [0.15, 0.2) is 24.3 Å². The summed E-state index contributed by atoms with van der Waals surface area (Å²) in [6.45, 7) is 1.77. The van der Waals surface area contributed by atoms with Gasteiger partial charge in [-0.15, -0.1) is 12.4 Å². The van der Waals surface area contributed by atoms with Crippen LogP contribution in [0.3, 0.4) is 0 Å². The van der Waals surface area contributed by atoms with E-state index in [2.05, 4.69) is 5.32 Å². The minimum atomic E-state index is -0.0172. The van der Waals surface area contributed by atoms with E-state index in [0.717, 1.165) is 13.1 Å². The highest BCUT2D eigenvalue weighted by molar-refractivity contribution is 6.30. The third kappa shape index (κ3) is 3.77. The van der Waals surface area contributed by atoms with Gasteiger partial charge in [-0.1, -0.05) is 17.7 Å². The molecule has 1 aromatic rings. The minimum Gasteiger partial charge on any atom is -0.484 e. The van der Waals surface area contributed by atoms with E-state index in [9.17, 15) is 4.79 Å². The second-order valence-corrected chi connectivity index (χ2v) is 4.50. The fourth-order valence-corrected chi connectivity index (χ4v) is 1.73. The van der Waals surface area contributed by atoms with Crippen molar-refractivity contribution in [3.05, 3.63) is 29.3 Å². The van der Waals surface area contributed by atoms with Crippen molar-refractivity contribution in [2.24, 2.45) is 0 Å². The first-order chi connectivity index (χ1) is 8.16. The van der Waals surface area contributed by atoms with E-state index in [0.29, 0.717) is 16.8 Å². The number of benzene rings is 1. The molecule has 1 saturated heterocycles. The van der Waals surface area contributed by atoms with Gasteiger partial charge in [0.25, 0.3) is 5.91 Å². The zero-order chi connectivity index (χ0) is 12.3. The molecule has 1 N–H and O–H groups in total. The molecule has 100 valence electrons. The average molecular weight is 291 g/mol. The van der Waals surface area contributed by atoms with Crippen molar-refractivity contribution < 1.29 is 9.53 Å². The first-order valence-corrected chi connectivity index (χ1v) is 5.89. The maximum Gasteiger partial charge on any atom is 0.260 e. The molecule has 1 aromatic carbocycles. The smallest absolute Gasteiger partial charge is 0.260 e. The van der Waals surface area contributed by atoms with Crippen molar-refractivity contribution in [2.45, 2.75) is 6.04 Å². The summed E-state index contributed by atoms with van der Waals surface area (Å²) in [5.41, 5.74) is 0. The van der Waals surface area contributed by atoms with Gasteiger partial charge in [0, 0.05) is 25.2 Å². The highest BCUT2D eigenvalue weighted by Crippen LogP contribution is 2.17. The van der Waals surface area contributed by atoms with Crippen molar-refractivity contribution >= 4 is 29.9 Å². The zero-order valence-electron chi connectivity index (χ0n) is 10.1. The molecule has 2 rings (SSSR count). The van der Waals surface area contributed by atoms with Gasteiger partial charge < -0.3 is 15.0 Å². The van der Waals surface area contributed by atoms with Crippen LogP contribution in [0.5, 0.6) is 5.75 Å². The second-order valence-electron chi connectivity index (χ2n) is 4.06. The first kappa shape index (κ1) is 15.1. The Balaban J connectivity index is 0.00000162. The van der Waals surface area contributed by atoms with E-state index >= 15 is 0 Å². The van der Waals surface area contributed by atoms with Crippen LogP contribution >= 0.6 is 24.0 Å². The lowest BCUT2D eigenvalue weighted by molar-refractivity contribution is -0.135. The largest absolute Gasteiger partial charge is 0.484 e. The molecule has 18 heavy (non-hydrogen) atoms. The monoisotopic (exact) mass is 290 g/mol. The lowest BCUT2D eigenvalue weighted by atomic mass is 10.1. The molecule has 0 saturated carbocycles. The Morgan fingerprint density at radius 2 is 2.28 bits per heavy atom. The van der Waals surface area contributed by atoms with Crippen molar-refractivity contribution in [1.82, 2.24) is 10.2 Å². The summed E-state index contributed by atoms with van der Waals surface area (Å²) in [4.78, 5) is 13.5. The summed E-state index contributed by atoms with van der Waals surface area (Å²) < 4.78 is 5.39. The molecule has 6 heteroatoms. The van der Waals surface area contributed by atoms with E-state index in [1.807, 2.05) is 0 Å². The Bertz CT molecular complexity index is 411. The number of hydrogen-bond acceptors (Lipinski definition) is 3. The van der Waals surface area contributed by atoms with Gasteiger partial charge in [-0.25, -0.2) is 0 Å². The summed E-state index contributed by atoms with van der Waals surface area (Å²) >= 11 is 5.82. The van der Waals surface area contributed by atoms with Crippen LogP contribution in [0.4, 0.5) is 0 Å². The molecule has 1 amide bonds. The Kier molecular flexibility index (Phi) is 5.72. The summed E-state index contributed by atoms with van der Waals surface area (Å²) in [5, 5.41) is 3.73. The van der Waals surface area contributed by atoms with Gasteiger partial charge in [-0.2, -0.15) is 0 Å². The number of carbonyl (C=O) groups excluding carboxylic acids is 1. The molecule has 0 spiro atoms. The molecule has 1 fully saturated rings. The number of nitrogens with zero attached hydrogens (tertiary/aromatic N) is 1. The molecule has 0 aromatic heterocycles. The quantitative estimate of drug-likeness (QED) is 0.915. The Morgan fingerprint density at radius 3 is 2.83 bits per heavy atom. The predicted octanol–water partition coefficient (Wildman–Crippen LogP) is 1.57. The van der Waals surface area contributed by atoms with Crippen molar-refractivity contribution in [2.75, 3.05) is 26.7 Å². The predicted molar refractivity (Wildman–Crippen MR) is 73.6 cm³/mol. The van der Waals surface area contributed by atoms with E-state index in [1.165, 1.54) is 0 Å². The van der Waals surface area contributed by atoms with Crippen LogP contribution in [-0.2, 0) is 4.79 Å². The Hall–Kier alpha value is -0.970. The van der Waals surface area contributed by atoms with E-state index < -0.39 is 0 Å². The highest BCUT2D eigenvalue weighted by atomic mass is 35.5. The lowest BCUT2D eigenvalue weighted by Gasteiger charge is -2.35. The van der Waals surface area contributed by atoms with Gasteiger partial charge in [0.1, 0.15) is 5.75 Å². The number of ether oxygens (including phenoxy) is 1. The Labute approximate surface area is 118 Å². The third-order valence-corrected chi connectivity index (χ3v) is 3.09. The second kappa shape index (κ2) is 6.83. The van der Waals surface area contributed by atoms with Crippen LogP contribution < -0.4 is 10.1 Å². The van der Waals surface area contributed by atoms with Crippen LogP contribution in [0.25, 0.3) is 0 Å². The first-order valence-electron chi connectivity index (χ1n) is 5.51. The van der Waals surface area contributed by atoms with Crippen molar-refractivity contribution in [3.63, 3.8) is 0 Å². The third-order valence-electron chi connectivity index (χ3n) is 2.86. The molecule has 0 unspecified atom stereocenters. The summed E-state index contributed by atoms with van der Waals surface area (Å²) in [6, 6.07) is 7.33. The van der Waals surface area contributed by atoms with E-state index in [4.69, 9.17) is 16.3 Å². The lowest BCUT2D eigenvalue weighted by Crippen LogP contribution is -2.58. The van der Waals surface area contributed by atoms with E-state index in [-0.39, 0.29) is 24.9 Å². The number of carbonyl (C=O) groups is 1. The minimum absolute atomic E-state index is 0. The zero-order valence-corrected chi connectivity index (χ0v) is 11.6. The van der Waals surface area contributed by atoms with Crippen molar-refractivity contribution in [1.29, 1.82) is 0 Å². The van der Waals surface area contributed by atoms with Gasteiger partial charge in [0.15, 0.2) is 6.61 Å². The summed E-state index contributed by atoms with van der Waals surface area (Å²) in [6.07, 6.45) is 0.